The largest absolute Gasteiger partial charge is 0.293 e. The van der Waals surface area contributed by atoms with Crippen molar-refractivity contribution in [2.45, 2.75) is 0 Å². The topological polar surface area (TPSA) is 57.6 Å². The summed E-state index contributed by atoms with van der Waals surface area (Å²) < 4.78 is 0. The Morgan fingerprint density at radius 1 is 1.56 bits per heavy atom. The summed E-state index contributed by atoms with van der Waals surface area (Å²) in [6, 6.07) is 3.71. The smallest absolute Gasteiger partial charge is 0.254 e. The average molecular weight is 264 g/mol. The van der Waals surface area contributed by atoms with E-state index in [2.05, 4.69) is 20.4 Å². The van der Waals surface area contributed by atoms with Crippen LogP contribution in [-0.4, -0.2) is 53.1 Å². The van der Waals surface area contributed by atoms with E-state index in [1.54, 1.807) is 18.6 Å². The number of amides is 1. The van der Waals surface area contributed by atoms with Crippen LogP contribution in [0.15, 0.2) is 29.6 Å². The molecule has 1 fully saturated rings. The zero-order valence-electron chi connectivity index (χ0n) is 10.1. The molecule has 0 radical (unpaired) electrons. The minimum absolute atomic E-state index is 0.0676. The van der Waals surface area contributed by atoms with Gasteiger partial charge in [-0.3, -0.25) is 14.7 Å². The Morgan fingerprint density at radius 3 is 3.11 bits per heavy atom. The van der Waals surface area contributed by atoms with E-state index < -0.39 is 0 Å². The molecule has 1 N–H and O–H groups in total. The lowest BCUT2D eigenvalue weighted by Crippen LogP contribution is -2.40. The van der Waals surface area contributed by atoms with Crippen molar-refractivity contribution in [1.82, 2.24) is 15.3 Å². The Kier molecular flexibility index (Phi) is 5.16. The fourth-order valence-corrected chi connectivity index (χ4v) is 2.61. The molecule has 0 bridgehead atoms. The van der Waals surface area contributed by atoms with E-state index in [1.165, 1.54) is 0 Å². The maximum Gasteiger partial charge on any atom is 0.254 e. The first-order valence-corrected chi connectivity index (χ1v) is 7.02. The summed E-state index contributed by atoms with van der Waals surface area (Å²) >= 11 is 1.93. The highest BCUT2D eigenvalue weighted by atomic mass is 32.2. The summed E-state index contributed by atoms with van der Waals surface area (Å²) in [4.78, 5) is 17.7. The first-order chi connectivity index (χ1) is 8.84. The number of carbonyl (C=O) groups is 1. The third kappa shape index (κ3) is 4.46. The van der Waals surface area contributed by atoms with Gasteiger partial charge in [-0.05, 0) is 6.07 Å². The highest BCUT2D eigenvalue weighted by molar-refractivity contribution is 7.99. The number of thioether (sulfide) groups is 1. The molecule has 5 nitrogen and oxygen atoms in total. The zero-order valence-corrected chi connectivity index (χ0v) is 10.9. The van der Waals surface area contributed by atoms with Gasteiger partial charge in [0, 0.05) is 42.6 Å². The van der Waals surface area contributed by atoms with Crippen LogP contribution in [0.3, 0.4) is 0 Å². The predicted molar refractivity (Wildman–Crippen MR) is 73.7 cm³/mol. The monoisotopic (exact) mass is 264 g/mol. The van der Waals surface area contributed by atoms with E-state index >= 15 is 0 Å². The van der Waals surface area contributed by atoms with Crippen molar-refractivity contribution in [2.75, 3.05) is 31.1 Å². The van der Waals surface area contributed by atoms with Gasteiger partial charge in [0.05, 0.1) is 12.8 Å². The molecule has 96 valence electrons. The maximum absolute atomic E-state index is 11.6. The summed E-state index contributed by atoms with van der Waals surface area (Å²) in [6.07, 6.45) is 4.98. The predicted octanol–water partition coefficient (Wildman–Crippen LogP) is 0.580. The molecule has 1 aliphatic rings. The molecule has 6 heteroatoms. The summed E-state index contributed by atoms with van der Waals surface area (Å²) in [7, 11) is 0. The molecule has 0 spiro atoms. The van der Waals surface area contributed by atoms with Crippen molar-refractivity contribution >= 4 is 23.9 Å². The van der Waals surface area contributed by atoms with Crippen LogP contribution in [0.5, 0.6) is 0 Å². The molecule has 2 rings (SSSR count). The highest BCUT2D eigenvalue weighted by Gasteiger charge is 2.13. The fourth-order valence-electron chi connectivity index (χ4n) is 1.63. The summed E-state index contributed by atoms with van der Waals surface area (Å²) in [5, 5.41) is 3.91. The minimum atomic E-state index is -0.0676. The van der Waals surface area contributed by atoms with Gasteiger partial charge in [0.2, 0.25) is 0 Å². The fraction of sp³-hybridized carbons (Fsp3) is 0.417. The van der Waals surface area contributed by atoms with Crippen LogP contribution >= 0.6 is 11.8 Å². The average Bonchev–Trinajstić information content (AvgIpc) is 2.41. The third-order valence-corrected chi connectivity index (χ3v) is 3.50. The SMILES string of the molecule is O=C(CN1CCSCC1)N/N=C\c1cccnc1. The molecule has 0 aromatic carbocycles. The number of rotatable bonds is 4. The van der Waals surface area contributed by atoms with Crippen LogP contribution in [-0.2, 0) is 4.79 Å². The van der Waals surface area contributed by atoms with E-state index in [1.807, 2.05) is 23.9 Å². The molecule has 1 aromatic rings. The second-order valence-electron chi connectivity index (χ2n) is 3.97. The van der Waals surface area contributed by atoms with Crippen LogP contribution < -0.4 is 5.43 Å². The van der Waals surface area contributed by atoms with E-state index in [4.69, 9.17) is 0 Å². The lowest BCUT2D eigenvalue weighted by Gasteiger charge is -2.24. The van der Waals surface area contributed by atoms with E-state index in [9.17, 15) is 4.79 Å². The van der Waals surface area contributed by atoms with E-state index in [0.717, 1.165) is 30.2 Å². The standard InChI is InChI=1S/C12H16N4OS/c17-12(10-16-4-6-18-7-5-16)15-14-9-11-2-1-3-13-8-11/h1-3,8-9H,4-7,10H2,(H,15,17)/b14-9-. The van der Waals surface area contributed by atoms with Gasteiger partial charge in [0.1, 0.15) is 0 Å². The molecule has 1 saturated heterocycles. The van der Waals surface area contributed by atoms with Crippen molar-refractivity contribution in [3.05, 3.63) is 30.1 Å². The number of pyridine rings is 1. The van der Waals surface area contributed by atoms with Crippen LogP contribution in [0.4, 0.5) is 0 Å². The first kappa shape index (κ1) is 13.0. The van der Waals surface area contributed by atoms with Crippen LogP contribution in [0.1, 0.15) is 5.56 Å². The van der Waals surface area contributed by atoms with Crippen molar-refractivity contribution in [3.8, 4) is 0 Å². The van der Waals surface area contributed by atoms with E-state index in [0.29, 0.717) is 6.54 Å². The Balaban J connectivity index is 1.72. The number of hydrogen-bond donors (Lipinski definition) is 1. The summed E-state index contributed by atoms with van der Waals surface area (Å²) in [5.41, 5.74) is 3.40. The van der Waals surface area contributed by atoms with Gasteiger partial charge in [-0.2, -0.15) is 16.9 Å². The van der Waals surface area contributed by atoms with Crippen LogP contribution in [0.2, 0.25) is 0 Å². The number of nitrogens with one attached hydrogen (secondary N) is 1. The minimum Gasteiger partial charge on any atom is -0.293 e. The van der Waals surface area contributed by atoms with Gasteiger partial charge < -0.3 is 0 Å². The molecular formula is C12H16N4OS. The zero-order chi connectivity index (χ0) is 12.6. The molecule has 1 aliphatic heterocycles. The van der Waals surface area contributed by atoms with Gasteiger partial charge in [-0.25, -0.2) is 5.43 Å². The molecule has 18 heavy (non-hydrogen) atoms. The molecule has 0 unspecified atom stereocenters. The van der Waals surface area contributed by atoms with Gasteiger partial charge >= 0.3 is 0 Å². The molecule has 0 atom stereocenters. The molecule has 2 heterocycles. The number of hydrazone groups is 1. The Bertz CT molecular complexity index is 404. The molecule has 1 aromatic heterocycles. The van der Waals surface area contributed by atoms with Crippen LogP contribution in [0.25, 0.3) is 0 Å². The maximum atomic E-state index is 11.6. The van der Waals surface area contributed by atoms with Crippen LogP contribution in [0, 0.1) is 0 Å². The van der Waals surface area contributed by atoms with Gasteiger partial charge in [-0.1, -0.05) is 6.07 Å². The number of carbonyl (C=O) groups excluding carboxylic acids is 1. The van der Waals surface area contributed by atoms with Crippen molar-refractivity contribution < 1.29 is 4.79 Å². The second-order valence-corrected chi connectivity index (χ2v) is 5.19. The molecule has 1 amide bonds. The first-order valence-electron chi connectivity index (χ1n) is 5.86. The molecule has 0 aliphatic carbocycles. The quantitative estimate of drug-likeness (QED) is 0.638. The normalized spacial score (nSPS) is 16.9. The van der Waals surface area contributed by atoms with Crippen molar-refractivity contribution in [2.24, 2.45) is 5.10 Å². The van der Waals surface area contributed by atoms with Gasteiger partial charge in [-0.15, -0.1) is 0 Å². The summed E-state index contributed by atoms with van der Waals surface area (Å²) in [6.45, 7) is 2.37. The number of hydrogen-bond acceptors (Lipinski definition) is 5. The Hall–Kier alpha value is -1.40. The highest BCUT2D eigenvalue weighted by Crippen LogP contribution is 2.08. The van der Waals surface area contributed by atoms with Gasteiger partial charge in [0.25, 0.3) is 5.91 Å². The van der Waals surface area contributed by atoms with Crippen molar-refractivity contribution in [3.63, 3.8) is 0 Å². The third-order valence-electron chi connectivity index (χ3n) is 2.56. The lowest BCUT2D eigenvalue weighted by atomic mass is 10.3. The van der Waals surface area contributed by atoms with Crippen molar-refractivity contribution in [1.29, 1.82) is 0 Å². The number of nitrogens with zero attached hydrogens (tertiary/aromatic N) is 3. The van der Waals surface area contributed by atoms with E-state index in [-0.39, 0.29) is 5.91 Å². The Morgan fingerprint density at radius 2 is 2.39 bits per heavy atom. The molecule has 0 saturated carbocycles. The van der Waals surface area contributed by atoms with Gasteiger partial charge in [0.15, 0.2) is 0 Å². The molecular weight excluding hydrogens is 248 g/mol. The Labute approximate surface area is 111 Å². The summed E-state index contributed by atoms with van der Waals surface area (Å²) in [5.74, 6) is 2.14. The lowest BCUT2D eigenvalue weighted by molar-refractivity contribution is -0.122. The number of aromatic nitrogens is 1. The second kappa shape index (κ2) is 7.13.